The Morgan fingerprint density at radius 3 is 0.696 bits per heavy atom. The largest absolute Gasteiger partial charge is 0.472 e. The molecular weight excluding hydrogens is 1480 g/mol. The smallest absolute Gasteiger partial charge is 0.463 e. The Bertz CT molecular complexity index is 2820. The van der Waals surface area contributed by atoms with Crippen molar-refractivity contribution in [2.24, 2.45) is 0 Å². The molecule has 5 unspecified atom stereocenters. The van der Waals surface area contributed by atoms with E-state index in [1.807, 2.05) is 0 Å². The quantitative estimate of drug-likeness (QED) is 0.0146. The van der Waals surface area contributed by atoms with Crippen LogP contribution in [0.1, 0.15) is 355 Å². The van der Waals surface area contributed by atoms with E-state index in [4.69, 9.17) is 32.3 Å². The van der Waals surface area contributed by atoms with Crippen molar-refractivity contribution < 1.29 is 75.8 Å². The molecule has 656 valence electrons. The number of rotatable bonds is 84. The van der Waals surface area contributed by atoms with E-state index < -0.39 is 91.5 Å². The molecule has 0 aromatic rings. The Morgan fingerprint density at radius 2 is 0.435 bits per heavy atom. The molecule has 0 aliphatic carbocycles. The molecule has 0 saturated heterocycles. The molecule has 0 rings (SSSR count). The van der Waals surface area contributed by atoms with E-state index in [-0.39, 0.29) is 19.3 Å². The van der Waals surface area contributed by atoms with Crippen LogP contribution in [-0.4, -0.2) is 95.9 Å². The molecule has 0 radical (unpaired) electrons. The number of phosphoric acid groups is 2. The van der Waals surface area contributed by atoms with E-state index in [0.717, 1.165) is 167 Å². The monoisotopic (exact) mass is 1650 g/mol. The van der Waals surface area contributed by atoms with Crippen LogP contribution < -0.4 is 0 Å². The van der Waals surface area contributed by atoms with Gasteiger partial charge in [0.2, 0.25) is 0 Å². The molecule has 18 heteroatoms. The lowest BCUT2D eigenvalue weighted by atomic mass is 10.0. The normalized spacial score (nSPS) is 14.7. The second-order valence-corrected chi connectivity index (χ2v) is 32.5. The third-order valence-electron chi connectivity index (χ3n) is 18.6. The first-order valence-corrected chi connectivity index (χ1v) is 48.1. The Balaban J connectivity index is 4.58. The summed E-state index contributed by atoms with van der Waals surface area (Å²) in [4.78, 5) is 58.9. The number of allylic oxidation sites excluding steroid dienone is 30. The van der Waals surface area contributed by atoms with Gasteiger partial charge in [0.25, 0.3) is 0 Å². The van der Waals surface area contributed by atoms with Crippen molar-refractivity contribution in [3.63, 3.8) is 0 Å². The zero-order valence-electron chi connectivity index (χ0n) is 72.1. The number of unbranched alkanes of at least 4 members (excludes halogenated alkanes) is 31. The molecule has 0 heterocycles. The van der Waals surface area contributed by atoms with Gasteiger partial charge >= 0.3 is 33.6 Å². The van der Waals surface area contributed by atoms with E-state index in [2.05, 4.69) is 203 Å². The van der Waals surface area contributed by atoms with Gasteiger partial charge in [-0.3, -0.25) is 32.5 Å². The average Bonchev–Trinajstić information content (AvgIpc) is 0.896. The van der Waals surface area contributed by atoms with Gasteiger partial charge in [0.1, 0.15) is 25.4 Å². The summed E-state index contributed by atoms with van der Waals surface area (Å²) >= 11 is 0. The molecule has 5 atom stereocenters. The van der Waals surface area contributed by atoms with Gasteiger partial charge in [0, 0.05) is 19.3 Å². The summed E-state index contributed by atoms with van der Waals surface area (Å²) in [6.07, 6.45) is 115. The summed E-state index contributed by atoms with van der Waals surface area (Å²) < 4.78 is 61.4. The fraction of sp³-hybridized carbons (Fsp3) is 0.660. The number of aliphatic hydroxyl groups is 2. The summed E-state index contributed by atoms with van der Waals surface area (Å²) in [6, 6.07) is 0. The molecule has 0 spiro atoms. The van der Waals surface area contributed by atoms with E-state index in [1.54, 1.807) is 0 Å². The molecule has 115 heavy (non-hydrogen) atoms. The van der Waals surface area contributed by atoms with Crippen molar-refractivity contribution in [1.82, 2.24) is 0 Å². The van der Waals surface area contributed by atoms with Crippen LogP contribution in [0.25, 0.3) is 0 Å². The highest BCUT2D eigenvalue weighted by Crippen LogP contribution is 2.45. The molecule has 0 bridgehead atoms. The van der Waals surface area contributed by atoms with Crippen molar-refractivity contribution in [3.05, 3.63) is 182 Å². The van der Waals surface area contributed by atoms with Gasteiger partial charge in [-0.25, -0.2) is 9.13 Å². The molecular formula is C97H162O16P2. The molecule has 0 saturated carbocycles. The highest BCUT2D eigenvalue weighted by Gasteiger charge is 2.29. The second kappa shape index (κ2) is 87.9. The molecule has 0 aliphatic heterocycles. The molecule has 0 amide bonds. The van der Waals surface area contributed by atoms with Crippen molar-refractivity contribution in [2.45, 2.75) is 373 Å². The van der Waals surface area contributed by atoms with Gasteiger partial charge < -0.3 is 34.2 Å². The Kier molecular flexibility index (Phi) is 83.9. The lowest BCUT2D eigenvalue weighted by molar-refractivity contribution is -0.161. The standard InChI is InChI=1S/C97H162O16P2/c1-4-7-10-13-16-19-22-25-28-31-34-36-38-40-42-44-45-47-49-50-52-54-57-59-62-65-68-71-74-77-80-83-95(100)107-86-92(98)87-109-114(103,104)110-88-93(99)89-111-115(105,106)112-91-94(113-97(102)85-82-79-76-73-70-67-64-61-56-33-30-27-24-21-18-15-12-9-6-3)90-108-96(101)84-81-78-75-72-69-66-63-60-58-55-53-51-48-46-43-41-39-37-35-32-29-26-23-20-17-14-11-8-5-2/h7-12,16-21,25-30,34-37,40-43,56,61,67,70,92-94,98-99H,4-6,13-15,22-24,31-33,38-39,44-55,57-60,62-66,68-69,71-91H2,1-3H3,(H,103,104)(H,105,106)/b10-7-,11-8-,12-9-,19-16-,20-17-,21-18-,28-25-,29-26-,30-27-,36-34-,37-35-,42-40-,43-41-,61-56-,70-67-. The van der Waals surface area contributed by atoms with Crippen molar-refractivity contribution in [3.8, 4) is 0 Å². The van der Waals surface area contributed by atoms with Gasteiger partial charge in [-0.2, -0.15) is 0 Å². The first-order chi connectivity index (χ1) is 56.2. The van der Waals surface area contributed by atoms with E-state index in [9.17, 15) is 43.5 Å². The number of hydrogen-bond acceptors (Lipinski definition) is 14. The van der Waals surface area contributed by atoms with Crippen LogP contribution in [0, 0.1) is 0 Å². The number of ether oxygens (including phenoxy) is 3. The number of hydrogen-bond donors (Lipinski definition) is 4. The third-order valence-corrected chi connectivity index (χ3v) is 20.5. The minimum absolute atomic E-state index is 0.0605. The van der Waals surface area contributed by atoms with E-state index in [1.165, 1.54) is 128 Å². The van der Waals surface area contributed by atoms with Gasteiger partial charge in [-0.1, -0.05) is 364 Å². The van der Waals surface area contributed by atoms with Crippen LogP contribution in [0.2, 0.25) is 0 Å². The lowest BCUT2D eigenvalue weighted by Gasteiger charge is -2.21. The number of carbonyl (C=O) groups is 3. The second-order valence-electron chi connectivity index (χ2n) is 29.6. The fourth-order valence-corrected chi connectivity index (χ4v) is 13.5. The van der Waals surface area contributed by atoms with Gasteiger partial charge in [-0.15, -0.1) is 0 Å². The first-order valence-electron chi connectivity index (χ1n) is 45.1. The third kappa shape index (κ3) is 89.3. The first kappa shape index (κ1) is 110. The minimum atomic E-state index is -4.95. The van der Waals surface area contributed by atoms with E-state index in [0.29, 0.717) is 19.3 Å². The molecule has 4 N–H and O–H groups in total. The summed E-state index contributed by atoms with van der Waals surface area (Å²) in [5.74, 6) is -1.61. The minimum Gasteiger partial charge on any atom is -0.463 e. The maximum atomic E-state index is 13.0. The maximum Gasteiger partial charge on any atom is 0.472 e. The molecule has 0 aliphatic rings. The summed E-state index contributed by atoms with van der Waals surface area (Å²) in [7, 11) is -9.82. The number of esters is 3. The van der Waals surface area contributed by atoms with Crippen LogP contribution >= 0.6 is 15.6 Å². The Hall–Kier alpha value is -5.35. The van der Waals surface area contributed by atoms with Gasteiger partial charge in [0.05, 0.1) is 26.4 Å². The molecule has 0 fully saturated rings. The predicted molar refractivity (Wildman–Crippen MR) is 481 cm³/mol. The van der Waals surface area contributed by atoms with Gasteiger partial charge in [-0.05, 0) is 154 Å². The lowest BCUT2D eigenvalue weighted by Crippen LogP contribution is -2.30. The molecule has 0 aromatic carbocycles. The van der Waals surface area contributed by atoms with Crippen molar-refractivity contribution >= 4 is 33.6 Å². The molecule has 0 aromatic heterocycles. The number of aliphatic hydroxyl groups excluding tert-OH is 2. The fourth-order valence-electron chi connectivity index (χ4n) is 11.9. The zero-order chi connectivity index (χ0) is 83.6. The van der Waals surface area contributed by atoms with Crippen LogP contribution in [-0.2, 0) is 55.8 Å². The summed E-state index contributed by atoms with van der Waals surface area (Å²) in [6.45, 7) is 2.33. The van der Waals surface area contributed by atoms with Crippen LogP contribution in [0.5, 0.6) is 0 Å². The maximum absolute atomic E-state index is 13.0. The van der Waals surface area contributed by atoms with Crippen LogP contribution in [0.4, 0.5) is 0 Å². The van der Waals surface area contributed by atoms with Gasteiger partial charge in [0.15, 0.2) is 6.10 Å². The highest BCUT2D eigenvalue weighted by molar-refractivity contribution is 7.47. The Morgan fingerprint density at radius 1 is 0.243 bits per heavy atom. The SMILES string of the molecule is CC/C=C\C/C=C\C/C=C\C/C=C\C/C=C\CCCCCCCCCCCCCCCCCC(=O)OCC(O)COP(=O)(O)OCC(O)COP(=O)(O)OCC(COC(=O)CCCCCCCCCCCCCCC/C=C\C/C=C\C/C=C\C/C=C\C/C=C\CC)OC(=O)CCCCC/C=C\C/C=C\C/C=C\C/C=C\C/C=C\CC. The van der Waals surface area contributed by atoms with Crippen LogP contribution in [0.15, 0.2) is 182 Å². The summed E-state index contributed by atoms with van der Waals surface area (Å²) in [5.41, 5.74) is 0. The average molecular weight is 1650 g/mol. The topological polar surface area (TPSA) is 231 Å². The predicted octanol–water partition coefficient (Wildman–Crippen LogP) is 27.7. The van der Waals surface area contributed by atoms with Crippen molar-refractivity contribution in [1.29, 1.82) is 0 Å². The molecule has 16 nitrogen and oxygen atoms in total. The zero-order valence-corrected chi connectivity index (χ0v) is 73.9. The number of carbonyl (C=O) groups excluding carboxylic acids is 3. The van der Waals surface area contributed by atoms with Crippen molar-refractivity contribution in [2.75, 3.05) is 39.6 Å². The summed E-state index contributed by atoms with van der Waals surface area (Å²) in [5, 5.41) is 20.7. The highest BCUT2D eigenvalue weighted by atomic mass is 31.2. The van der Waals surface area contributed by atoms with E-state index >= 15 is 0 Å². The van der Waals surface area contributed by atoms with Crippen LogP contribution in [0.3, 0.4) is 0 Å². The number of phosphoric ester groups is 2. The Labute approximate surface area is 700 Å².